The molecule has 4 aromatic carbocycles. The van der Waals surface area contributed by atoms with Crippen molar-refractivity contribution in [2.45, 2.75) is 26.4 Å². The monoisotopic (exact) mass is 476 g/mol. The number of fused-ring (bicyclic) bond motifs is 6. The van der Waals surface area contributed by atoms with Crippen molar-refractivity contribution in [2.24, 2.45) is 0 Å². The van der Waals surface area contributed by atoms with Crippen LogP contribution in [0.3, 0.4) is 0 Å². The minimum atomic E-state index is -1.08. The van der Waals surface area contributed by atoms with Gasteiger partial charge in [0.25, 0.3) is 0 Å². The lowest BCUT2D eigenvalue weighted by Gasteiger charge is -2.37. The number of nitrogens with zero attached hydrogens (tertiary/aromatic N) is 1. The molecule has 2 heterocycles. The summed E-state index contributed by atoms with van der Waals surface area (Å²) in [5.74, 6) is 1.06. The Bertz CT molecular complexity index is 1490. The number of nitrogens with one attached hydrogen (secondary N) is 1. The largest absolute Gasteiger partial charge is 0.456 e. The normalized spacial score (nSPS) is 17.0. The SMILES string of the molecule is CCN(CC)c1ccc2c(c1)Oc1ccc(Nc3ccccc3C)cc1C21OC(=O)c2ccccc21. The molecule has 0 aliphatic carbocycles. The number of carbonyl (C=O) groups excluding carboxylic acids is 1. The van der Waals surface area contributed by atoms with Crippen molar-refractivity contribution < 1.29 is 14.3 Å². The molecule has 0 amide bonds. The predicted molar refractivity (Wildman–Crippen MR) is 143 cm³/mol. The van der Waals surface area contributed by atoms with Gasteiger partial charge in [0, 0.05) is 52.9 Å². The van der Waals surface area contributed by atoms with E-state index in [1.54, 1.807) is 0 Å². The Morgan fingerprint density at radius 2 is 1.58 bits per heavy atom. The number of esters is 1. The maximum Gasteiger partial charge on any atom is 0.340 e. The Morgan fingerprint density at radius 3 is 2.39 bits per heavy atom. The van der Waals surface area contributed by atoms with Gasteiger partial charge in [-0.2, -0.15) is 0 Å². The maximum atomic E-state index is 13.2. The second-order valence-electron chi connectivity index (χ2n) is 9.22. The molecule has 5 nitrogen and oxygen atoms in total. The summed E-state index contributed by atoms with van der Waals surface area (Å²) in [6, 6.07) is 28.0. The van der Waals surface area contributed by atoms with Gasteiger partial charge in [-0.05, 0) is 68.8 Å². The van der Waals surface area contributed by atoms with Gasteiger partial charge in [0.05, 0.1) is 5.56 Å². The number of hydrogen-bond acceptors (Lipinski definition) is 5. The Morgan fingerprint density at radius 1 is 0.806 bits per heavy atom. The van der Waals surface area contributed by atoms with Crippen LogP contribution in [0.1, 0.15) is 46.5 Å². The molecule has 6 rings (SSSR count). The fourth-order valence-corrected chi connectivity index (χ4v) is 5.39. The zero-order valence-electron chi connectivity index (χ0n) is 20.7. The van der Waals surface area contributed by atoms with E-state index in [-0.39, 0.29) is 5.97 Å². The third-order valence-electron chi connectivity index (χ3n) is 7.25. The molecule has 0 saturated carbocycles. The molecule has 2 aliphatic rings. The summed E-state index contributed by atoms with van der Waals surface area (Å²) in [6.07, 6.45) is 0. The van der Waals surface area contributed by atoms with Gasteiger partial charge in [0.1, 0.15) is 11.5 Å². The van der Waals surface area contributed by atoms with Crippen molar-refractivity contribution >= 4 is 23.0 Å². The molecule has 0 saturated heterocycles. The van der Waals surface area contributed by atoms with Crippen molar-refractivity contribution in [2.75, 3.05) is 23.3 Å². The number of carbonyl (C=O) groups is 1. The molecule has 0 bridgehead atoms. The van der Waals surface area contributed by atoms with E-state index in [1.165, 1.54) is 0 Å². The summed E-state index contributed by atoms with van der Waals surface area (Å²) >= 11 is 0. The number of benzene rings is 4. The number of para-hydroxylation sites is 1. The summed E-state index contributed by atoms with van der Waals surface area (Å²) < 4.78 is 12.8. The fraction of sp³-hybridized carbons (Fsp3) is 0.194. The topological polar surface area (TPSA) is 50.8 Å². The van der Waals surface area contributed by atoms with Crippen molar-refractivity contribution in [3.8, 4) is 11.5 Å². The molecule has 0 radical (unpaired) electrons. The Hall–Kier alpha value is -4.25. The van der Waals surface area contributed by atoms with Crippen molar-refractivity contribution in [3.63, 3.8) is 0 Å². The number of anilines is 3. The molecule has 180 valence electrons. The molecule has 1 unspecified atom stereocenters. The van der Waals surface area contributed by atoms with E-state index in [1.807, 2.05) is 60.7 Å². The van der Waals surface area contributed by atoms with Crippen LogP contribution in [0.15, 0.2) is 84.9 Å². The number of aryl methyl sites for hydroxylation is 1. The molecule has 1 atom stereocenters. The average molecular weight is 477 g/mol. The van der Waals surface area contributed by atoms with Crippen LogP contribution in [-0.4, -0.2) is 19.1 Å². The number of rotatable bonds is 5. The van der Waals surface area contributed by atoms with E-state index in [4.69, 9.17) is 9.47 Å². The Kier molecular flexibility index (Phi) is 5.22. The Balaban J connectivity index is 1.55. The Labute approximate surface area is 211 Å². The molecule has 4 aromatic rings. The highest BCUT2D eigenvalue weighted by Gasteiger charge is 2.53. The fourth-order valence-electron chi connectivity index (χ4n) is 5.39. The van der Waals surface area contributed by atoms with E-state index in [2.05, 4.69) is 55.3 Å². The van der Waals surface area contributed by atoms with Crippen LogP contribution in [0.2, 0.25) is 0 Å². The first-order chi connectivity index (χ1) is 17.5. The van der Waals surface area contributed by atoms with Crippen molar-refractivity contribution in [3.05, 3.63) is 113 Å². The first-order valence-electron chi connectivity index (χ1n) is 12.4. The van der Waals surface area contributed by atoms with Crippen LogP contribution in [0.4, 0.5) is 17.1 Å². The van der Waals surface area contributed by atoms with Gasteiger partial charge in [-0.3, -0.25) is 0 Å². The summed E-state index contributed by atoms with van der Waals surface area (Å²) in [6.45, 7) is 8.13. The summed E-state index contributed by atoms with van der Waals surface area (Å²) in [7, 11) is 0. The van der Waals surface area contributed by atoms with Crippen molar-refractivity contribution in [1.29, 1.82) is 0 Å². The van der Waals surface area contributed by atoms with Gasteiger partial charge < -0.3 is 19.7 Å². The first-order valence-corrected chi connectivity index (χ1v) is 12.4. The summed E-state index contributed by atoms with van der Waals surface area (Å²) in [5, 5.41) is 3.52. The van der Waals surface area contributed by atoms with Crippen LogP contribution >= 0.6 is 0 Å². The minimum absolute atomic E-state index is 0.325. The molecule has 5 heteroatoms. The molecule has 2 aliphatic heterocycles. The lowest BCUT2D eigenvalue weighted by Crippen LogP contribution is -2.33. The molecule has 1 N–H and O–H groups in total. The number of hydrogen-bond donors (Lipinski definition) is 1. The van der Waals surface area contributed by atoms with Crippen LogP contribution < -0.4 is 15.0 Å². The zero-order valence-corrected chi connectivity index (χ0v) is 20.7. The quantitative estimate of drug-likeness (QED) is 0.310. The van der Waals surface area contributed by atoms with E-state index in [0.29, 0.717) is 17.1 Å². The molecule has 36 heavy (non-hydrogen) atoms. The summed E-state index contributed by atoms with van der Waals surface area (Å²) in [5.41, 5.74) is 6.12. The highest BCUT2D eigenvalue weighted by atomic mass is 16.6. The van der Waals surface area contributed by atoms with Gasteiger partial charge in [-0.1, -0.05) is 36.4 Å². The molecule has 1 spiro atoms. The van der Waals surface area contributed by atoms with Gasteiger partial charge >= 0.3 is 5.97 Å². The van der Waals surface area contributed by atoms with Gasteiger partial charge in [0.2, 0.25) is 0 Å². The molecular formula is C31H28N2O3. The van der Waals surface area contributed by atoms with Crippen LogP contribution in [-0.2, 0) is 10.3 Å². The van der Waals surface area contributed by atoms with Gasteiger partial charge in [0.15, 0.2) is 5.60 Å². The minimum Gasteiger partial charge on any atom is -0.456 e. The van der Waals surface area contributed by atoms with Gasteiger partial charge in [-0.25, -0.2) is 4.79 Å². The second-order valence-corrected chi connectivity index (χ2v) is 9.22. The lowest BCUT2D eigenvalue weighted by atomic mass is 9.77. The lowest BCUT2D eigenvalue weighted by molar-refractivity contribution is 0.0224. The van der Waals surface area contributed by atoms with E-state index in [9.17, 15) is 4.79 Å². The van der Waals surface area contributed by atoms with Crippen molar-refractivity contribution in [1.82, 2.24) is 0 Å². The third-order valence-corrected chi connectivity index (χ3v) is 7.25. The molecular weight excluding hydrogens is 448 g/mol. The highest BCUT2D eigenvalue weighted by Crippen LogP contribution is 2.57. The first kappa shape index (κ1) is 22.2. The van der Waals surface area contributed by atoms with E-state index in [0.717, 1.165) is 52.4 Å². The molecule has 0 aromatic heterocycles. The van der Waals surface area contributed by atoms with Gasteiger partial charge in [-0.15, -0.1) is 0 Å². The highest BCUT2D eigenvalue weighted by molar-refractivity contribution is 5.97. The molecule has 0 fully saturated rings. The van der Waals surface area contributed by atoms with Crippen LogP contribution in [0.25, 0.3) is 0 Å². The van der Waals surface area contributed by atoms with Crippen LogP contribution in [0.5, 0.6) is 11.5 Å². The predicted octanol–water partition coefficient (Wildman–Crippen LogP) is 7.15. The smallest absolute Gasteiger partial charge is 0.340 e. The third kappa shape index (κ3) is 3.27. The number of ether oxygens (including phenoxy) is 2. The zero-order chi connectivity index (χ0) is 24.9. The standard InChI is InChI=1S/C31H28N2O3/c1-4-33(5-2)22-15-16-25-29(19-22)35-28-17-14-21(32-27-13-9-6-10-20(27)3)18-26(28)31(25)24-12-8-7-11-23(24)30(34)36-31/h6-19,32H,4-5H2,1-3H3. The van der Waals surface area contributed by atoms with E-state index < -0.39 is 5.60 Å². The van der Waals surface area contributed by atoms with E-state index >= 15 is 0 Å². The van der Waals surface area contributed by atoms with Crippen LogP contribution in [0, 0.1) is 6.92 Å². The summed E-state index contributed by atoms with van der Waals surface area (Å²) in [4.78, 5) is 15.4. The maximum absolute atomic E-state index is 13.2. The average Bonchev–Trinajstić information content (AvgIpc) is 3.19. The second kappa shape index (κ2) is 8.45.